The number of ether oxygens (including phenoxy) is 1. The number of benzene rings is 5. The molecule has 1 unspecified atom stereocenters. The Morgan fingerprint density at radius 1 is 0.833 bits per heavy atom. The summed E-state index contributed by atoms with van der Waals surface area (Å²) in [5, 5.41) is 46.8. The second-order valence-electron chi connectivity index (χ2n) is 11.3. The Labute approximate surface area is 240 Å². The number of allylic oxidation sites excluding steroid dienone is 1. The molecule has 6 rings (SSSR count). The largest absolute Gasteiger partial charge is 0.507 e. The van der Waals surface area contributed by atoms with Crippen LogP contribution in [0.3, 0.4) is 0 Å². The highest BCUT2D eigenvalue weighted by atomic mass is 16.5. The van der Waals surface area contributed by atoms with Crippen molar-refractivity contribution < 1.29 is 30.0 Å². The van der Waals surface area contributed by atoms with Crippen LogP contribution in [0.5, 0.6) is 17.2 Å². The Balaban J connectivity index is 2.11. The molecule has 0 spiro atoms. The fourth-order valence-electron chi connectivity index (χ4n) is 7.29. The van der Waals surface area contributed by atoms with E-state index < -0.39 is 35.7 Å². The normalized spacial score (nSPS) is 14.9. The molecule has 0 fully saturated rings. The molecule has 1 aliphatic carbocycles. The molecule has 1 aliphatic rings. The van der Waals surface area contributed by atoms with Crippen LogP contribution in [-0.4, -0.2) is 33.3 Å². The lowest BCUT2D eigenvalue weighted by molar-refractivity contribution is -0.117. The highest BCUT2D eigenvalue weighted by molar-refractivity contribution is 6.38. The van der Waals surface area contributed by atoms with E-state index in [1.54, 1.807) is 6.92 Å². The molecule has 8 nitrogen and oxygen atoms in total. The van der Waals surface area contributed by atoms with E-state index in [1.807, 2.05) is 6.08 Å². The lowest BCUT2D eigenvalue weighted by Crippen LogP contribution is -2.14. The van der Waals surface area contributed by atoms with E-state index in [4.69, 9.17) is 4.74 Å². The monoisotopic (exact) mass is 568 g/mol. The standard InChI is InChI=1S/C34H32O8/c1-5-6-7-8-18-19-9-14(2)22(15(3)37)31-30-25(19)28-23(16(12-35)10-20(38)26(28)32(18)40)24-17(13-36)11-21(39)27(29(24)30)33(41)34(31)42-4/h9-11,22,35-36,40-41H,5-8,12-13H2,1-4H3. The average molecular weight is 569 g/mol. The quantitative estimate of drug-likeness (QED) is 0.115. The third-order valence-corrected chi connectivity index (χ3v) is 8.93. The van der Waals surface area contributed by atoms with Crippen LogP contribution in [-0.2, 0) is 24.4 Å². The number of carbonyl (C=O) groups excluding carboxylic acids is 1. The Kier molecular flexibility index (Phi) is 6.59. The van der Waals surface area contributed by atoms with Gasteiger partial charge in [-0.25, -0.2) is 0 Å². The molecule has 0 amide bonds. The molecule has 0 bridgehead atoms. The lowest BCUT2D eigenvalue weighted by Gasteiger charge is -2.25. The fourth-order valence-corrected chi connectivity index (χ4v) is 7.29. The molecule has 0 heterocycles. The van der Waals surface area contributed by atoms with E-state index in [-0.39, 0.29) is 39.2 Å². The summed E-state index contributed by atoms with van der Waals surface area (Å²) in [5.41, 5.74) is 1.66. The molecule has 0 aromatic heterocycles. The minimum atomic E-state index is -0.867. The third kappa shape index (κ3) is 3.51. The maximum Gasteiger partial charge on any atom is 0.190 e. The smallest absolute Gasteiger partial charge is 0.190 e. The van der Waals surface area contributed by atoms with Crippen molar-refractivity contribution in [2.45, 2.75) is 65.6 Å². The maximum atomic E-state index is 13.7. The first-order valence-electron chi connectivity index (χ1n) is 14.2. The first kappa shape index (κ1) is 27.9. The number of unbranched alkanes of at least 4 members (excludes halogenated alkanes) is 2. The van der Waals surface area contributed by atoms with Crippen molar-refractivity contribution in [1.29, 1.82) is 0 Å². The molecular formula is C34H32O8. The van der Waals surface area contributed by atoms with Crippen LogP contribution >= 0.6 is 0 Å². The van der Waals surface area contributed by atoms with Crippen LogP contribution in [0, 0.1) is 0 Å². The van der Waals surface area contributed by atoms with Gasteiger partial charge in [0.05, 0.1) is 37.0 Å². The molecule has 216 valence electrons. The predicted molar refractivity (Wildman–Crippen MR) is 163 cm³/mol. The number of rotatable bonds is 8. The van der Waals surface area contributed by atoms with Crippen LogP contribution in [0.25, 0.3) is 49.2 Å². The van der Waals surface area contributed by atoms with Gasteiger partial charge in [0.25, 0.3) is 0 Å². The number of hydrogen-bond acceptors (Lipinski definition) is 8. The lowest BCUT2D eigenvalue weighted by atomic mass is 9.79. The molecule has 0 radical (unpaired) electrons. The minimum absolute atomic E-state index is 0.0176. The Morgan fingerprint density at radius 2 is 1.40 bits per heavy atom. The number of carbonyl (C=O) groups is 1. The number of Topliss-reactive ketones (excluding diaryl/α,β-unsaturated/α-hetero) is 1. The zero-order valence-electron chi connectivity index (χ0n) is 24.0. The summed E-state index contributed by atoms with van der Waals surface area (Å²) >= 11 is 0. The highest BCUT2D eigenvalue weighted by Gasteiger charge is 2.36. The van der Waals surface area contributed by atoms with E-state index in [2.05, 4.69) is 6.92 Å². The molecule has 0 saturated carbocycles. The van der Waals surface area contributed by atoms with E-state index in [0.717, 1.165) is 19.3 Å². The Bertz CT molecular complexity index is 2110. The van der Waals surface area contributed by atoms with Gasteiger partial charge in [-0.15, -0.1) is 0 Å². The summed E-state index contributed by atoms with van der Waals surface area (Å²) < 4.78 is 5.72. The Hall–Kier alpha value is -4.27. The van der Waals surface area contributed by atoms with Gasteiger partial charge in [0.15, 0.2) is 22.4 Å². The van der Waals surface area contributed by atoms with Gasteiger partial charge in [-0.3, -0.25) is 14.4 Å². The van der Waals surface area contributed by atoms with Crippen molar-refractivity contribution in [3.63, 3.8) is 0 Å². The van der Waals surface area contributed by atoms with Crippen LogP contribution in [0.2, 0.25) is 0 Å². The van der Waals surface area contributed by atoms with Crippen molar-refractivity contribution in [1.82, 2.24) is 0 Å². The molecule has 42 heavy (non-hydrogen) atoms. The van der Waals surface area contributed by atoms with Gasteiger partial charge in [0, 0.05) is 21.9 Å². The van der Waals surface area contributed by atoms with Gasteiger partial charge in [-0.05, 0) is 77.1 Å². The van der Waals surface area contributed by atoms with E-state index in [9.17, 15) is 34.8 Å². The number of aliphatic hydroxyl groups excluding tert-OH is 2. The van der Waals surface area contributed by atoms with Crippen molar-refractivity contribution in [3.8, 4) is 17.2 Å². The van der Waals surface area contributed by atoms with Crippen LogP contribution in [0.15, 0.2) is 27.3 Å². The number of phenols is 2. The molecule has 5 aromatic rings. The van der Waals surface area contributed by atoms with Crippen LogP contribution in [0.4, 0.5) is 0 Å². The summed E-state index contributed by atoms with van der Waals surface area (Å²) in [4.78, 5) is 40.6. The van der Waals surface area contributed by atoms with Crippen molar-refractivity contribution in [3.05, 3.63) is 66.0 Å². The molecule has 8 heteroatoms. The average Bonchev–Trinajstić information content (AvgIpc) is 3.08. The second-order valence-corrected chi connectivity index (χ2v) is 11.3. The summed E-state index contributed by atoms with van der Waals surface area (Å²) in [6.07, 6.45) is 4.90. The van der Waals surface area contributed by atoms with E-state index in [1.165, 1.54) is 26.2 Å². The molecular weight excluding hydrogens is 536 g/mol. The molecule has 5 aromatic carbocycles. The summed E-state index contributed by atoms with van der Waals surface area (Å²) in [7, 11) is 1.36. The number of methoxy groups -OCH3 is 1. The van der Waals surface area contributed by atoms with Crippen molar-refractivity contribution in [2.24, 2.45) is 0 Å². The topological polar surface area (TPSA) is 141 Å². The minimum Gasteiger partial charge on any atom is -0.507 e. The highest BCUT2D eigenvalue weighted by Crippen LogP contribution is 2.56. The van der Waals surface area contributed by atoms with Crippen molar-refractivity contribution in [2.75, 3.05) is 7.11 Å². The van der Waals surface area contributed by atoms with Gasteiger partial charge >= 0.3 is 0 Å². The fraction of sp³-hybridized carbons (Fsp3) is 0.324. The zero-order chi connectivity index (χ0) is 30.2. The number of phenolic OH excluding ortho intramolecular Hbond substituents is 2. The summed E-state index contributed by atoms with van der Waals surface area (Å²) in [6.45, 7) is 4.26. The van der Waals surface area contributed by atoms with Crippen molar-refractivity contribution >= 4 is 54.9 Å². The van der Waals surface area contributed by atoms with Crippen LogP contribution in [0.1, 0.15) is 73.8 Å². The van der Waals surface area contributed by atoms with Gasteiger partial charge in [-0.2, -0.15) is 0 Å². The molecule has 0 aliphatic heterocycles. The number of ketones is 1. The number of hydrogen-bond donors (Lipinski definition) is 4. The van der Waals surface area contributed by atoms with Gasteiger partial charge in [-0.1, -0.05) is 31.4 Å². The predicted octanol–water partition coefficient (Wildman–Crippen LogP) is 5.12. The number of aromatic hydroxyl groups is 2. The second kappa shape index (κ2) is 9.93. The number of aliphatic hydroxyl groups is 2. The first-order chi connectivity index (χ1) is 20.1. The Morgan fingerprint density at radius 3 is 1.93 bits per heavy atom. The molecule has 0 saturated heterocycles. The summed E-state index contributed by atoms with van der Waals surface area (Å²) in [6, 6.07) is 2.51. The van der Waals surface area contributed by atoms with Gasteiger partial charge < -0.3 is 25.2 Å². The zero-order valence-corrected chi connectivity index (χ0v) is 24.0. The molecule has 4 N–H and O–H groups in total. The SMILES string of the molecule is CCCCCc1c(O)c2c(=O)cc(CO)c3c4c(CO)cc(=O)c5c(O)c(OC)c6c(c(c1C=C(C)C6C(C)=O)c23)c54. The van der Waals surface area contributed by atoms with Gasteiger partial charge in [0.1, 0.15) is 11.5 Å². The number of fused-ring (bicyclic) bond motifs is 1. The first-order valence-corrected chi connectivity index (χ1v) is 14.2. The third-order valence-electron chi connectivity index (χ3n) is 8.93. The molecule has 1 atom stereocenters. The van der Waals surface area contributed by atoms with Gasteiger partial charge in [0.2, 0.25) is 0 Å². The van der Waals surface area contributed by atoms with E-state index >= 15 is 0 Å². The summed E-state index contributed by atoms with van der Waals surface area (Å²) in [5.74, 6) is -1.68. The van der Waals surface area contributed by atoms with E-state index in [0.29, 0.717) is 61.0 Å². The maximum absolute atomic E-state index is 13.7. The van der Waals surface area contributed by atoms with Crippen LogP contribution < -0.4 is 15.6 Å².